The number of nitrogens with zero attached hydrogens (tertiary/aromatic N) is 1. The highest BCUT2D eigenvalue weighted by Crippen LogP contribution is 2.23. The Bertz CT molecular complexity index is 836. The molecule has 2 aromatic carbocycles. The van der Waals surface area contributed by atoms with E-state index in [4.69, 9.17) is 4.74 Å². The lowest BCUT2D eigenvalue weighted by molar-refractivity contribution is -0.139. The van der Waals surface area contributed by atoms with Crippen molar-refractivity contribution < 1.29 is 9.53 Å². The highest BCUT2D eigenvalue weighted by Gasteiger charge is 2.06. The van der Waals surface area contributed by atoms with Gasteiger partial charge in [0, 0.05) is 17.0 Å². The summed E-state index contributed by atoms with van der Waals surface area (Å²) in [6.07, 6.45) is 3.19. The topological polar surface area (TPSA) is 39.2 Å². The van der Waals surface area contributed by atoms with E-state index in [1.54, 1.807) is 17.4 Å². The Hall–Kier alpha value is -2.72. The van der Waals surface area contributed by atoms with Crippen LogP contribution in [0.25, 0.3) is 16.6 Å². The van der Waals surface area contributed by atoms with Gasteiger partial charge in [-0.2, -0.15) is 0 Å². The summed E-state index contributed by atoms with van der Waals surface area (Å²) in [6.45, 7) is 2.21. The number of carbonyl (C=O) groups excluding carboxylic acids is 1. The number of carbonyl (C=O) groups is 1. The maximum Gasteiger partial charge on any atom is 0.331 e. The summed E-state index contributed by atoms with van der Waals surface area (Å²) < 4.78 is 5.24. The molecule has 0 radical (unpaired) electrons. The number of hydrogen-bond acceptors (Lipinski definition) is 4. The highest BCUT2D eigenvalue weighted by molar-refractivity contribution is 7.13. The molecule has 0 saturated carbocycles. The van der Waals surface area contributed by atoms with Gasteiger partial charge in [0.2, 0.25) is 0 Å². The van der Waals surface area contributed by atoms with Gasteiger partial charge in [0.25, 0.3) is 0 Å². The molecule has 0 N–H and O–H groups in total. The summed E-state index contributed by atoms with van der Waals surface area (Å²) in [6, 6.07) is 17.9. The van der Waals surface area contributed by atoms with E-state index in [0.29, 0.717) is 0 Å². The average molecular weight is 335 g/mol. The van der Waals surface area contributed by atoms with Gasteiger partial charge in [-0.3, -0.25) is 0 Å². The zero-order valence-electron chi connectivity index (χ0n) is 13.3. The Morgan fingerprint density at radius 1 is 1.12 bits per heavy atom. The second-order valence-corrected chi connectivity index (χ2v) is 6.22. The molecule has 0 spiro atoms. The Labute approximate surface area is 145 Å². The van der Waals surface area contributed by atoms with Crippen molar-refractivity contribution in [1.29, 1.82) is 0 Å². The number of ether oxygens (including phenoxy) is 1. The number of hydrogen-bond donors (Lipinski definition) is 0. The Kier molecular flexibility index (Phi) is 5.18. The lowest BCUT2D eigenvalue weighted by Crippen LogP contribution is -2.00. The molecule has 0 bridgehead atoms. The minimum absolute atomic E-state index is 0.181. The van der Waals surface area contributed by atoms with Crippen molar-refractivity contribution in [1.82, 2.24) is 4.98 Å². The molecule has 120 valence electrons. The molecule has 0 amide bonds. The lowest BCUT2D eigenvalue weighted by Gasteiger charge is -1.99. The van der Waals surface area contributed by atoms with Crippen LogP contribution in [0.1, 0.15) is 16.8 Å². The van der Waals surface area contributed by atoms with Crippen LogP contribution >= 0.6 is 11.3 Å². The van der Waals surface area contributed by atoms with Crippen LogP contribution in [0.15, 0.2) is 66.1 Å². The second kappa shape index (κ2) is 7.70. The van der Waals surface area contributed by atoms with Crippen LogP contribution in [-0.2, 0) is 16.1 Å². The summed E-state index contributed by atoms with van der Waals surface area (Å²) >= 11 is 1.55. The smallest absolute Gasteiger partial charge is 0.331 e. The molecule has 0 fully saturated rings. The van der Waals surface area contributed by atoms with Gasteiger partial charge in [0.05, 0.1) is 5.69 Å². The monoisotopic (exact) mass is 335 g/mol. The standard InChI is InChI=1S/C20H17NO2S/c1-15-7-9-16(10-8-15)11-12-19(22)23-13-18-14-24-20(21-18)17-5-3-2-4-6-17/h2-12,14H,13H2,1H3. The first-order chi connectivity index (χ1) is 11.7. The van der Waals surface area contributed by atoms with E-state index in [1.165, 1.54) is 11.6 Å². The van der Waals surface area contributed by atoms with Crippen molar-refractivity contribution in [2.75, 3.05) is 0 Å². The van der Waals surface area contributed by atoms with Crippen LogP contribution in [0, 0.1) is 6.92 Å². The first-order valence-corrected chi connectivity index (χ1v) is 8.50. The molecule has 0 aliphatic heterocycles. The summed E-state index contributed by atoms with van der Waals surface area (Å²) in [5, 5.41) is 2.84. The molecule has 3 rings (SSSR count). The third kappa shape index (κ3) is 4.40. The second-order valence-electron chi connectivity index (χ2n) is 5.36. The van der Waals surface area contributed by atoms with Gasteiger partial charge >= 0.3 is 5.97 Å². The van der Waals surface area contributed by atoms with Crippen molar-refractivity contribution >= 4 is 23.4 Å². The third-order valence-corrected chi connectivity index (χ3v) is 4.36. The van der Waals surface area contributed by atoms with Gasteiger partial charge in [-0.15, -0.1) is 11.3 Å². The summed E-state index contributed by atoms with van der Waals surface area (Å²) in [5.41, 5.74) is 3.99. The number of esters is 1. The fraction of sp³-hybridized carbons (Fsp3) is 0.100. The van der Waals surface area contributed by atoms with E-state index < -0.39 is 0 Å². The maximum absolute atomic E-state index is 11.8. The van der Waals surface area contributed by atoms with Crippen LogP contribution in [0.3, 0.4) is 0 Å². The number of benzene rings is 2. The molecule has 4 heteroatoms. The first kappa shape index (κ1) is 16.1. The quantitative estimate of drug-likeness (QED) is 0.493. The predicted molar refractivity (Wildman–Crippen MR) is 97.6 cm³/mol. The third-order valence-electron chi connectivity index (χ3n) is 3.42. The average Bonchev–Trinajstić information content (AvgIpc) is 3.09. The molecule has 0 saturated heterocycles. The molecule has 3 nitrogen and oxygen atoms in total. The minimum Gasteiger partial charge on any atom is -0.456 e. The normalized spacial score (nSPS) is 10.9. The van der Waals surface area contributed by atoms with E-state index in [-0.39, 0.29) is 12.6 Å². The highest BCUT2D eigenvalue weighted by atomic mass is 32.1. The number of thiazole rings is 1. The Morgan fingerprint density at radius 2 is 1.88 bits per heavy atom. The molecule has 0 aliphatic carbocycles. The van der Waals surface area contributed by atoms with Crippen molar-refractivity contribution in [3.05, 3.63) is 82.9 Å². The Balaban J connectivity index is 1.55. The van der Waals surface area contributed by atoms with Gasteiger partial charge < -0.3 is 4.74 Å². The fourth-order valence-corrected chi connectivity index (χ4v) is 2.93. The van der Waals surface area contributed by atoms with Gasteiger partial charge in [-0.25, -0.2) is 9.78 Å². The van der Waals surface area contributed by atoms with E-state index in [1.807, 2.05) is 66.9 Å². The first-order valence-electron chi connectivity index (χ1n) is 7.62. The number of aryl methyl sites for hydroxylation is 1. The SMILES string of the molecule is Cc1ccc(C=CC(=O)OCc2csc(-c3ccccc3)n2)cc1. The summed E-state index contributed by atoms with van der Waals surface area (Å²) in [5.74, 6) is -0.371. The molecule has 24 heavy (non-hydrogen) atoms. The van der Waals surface area contributed by atoms with E-state index >= 15 is 0 Å². The summed E-state index contributed by atoms with van der Waals surface area (Å²) in [4.78, 5) is 16.3. The zero-order chi connectivity index (χ0) is 16.8. The molecule has 0 unspecified atom stereocenters. The van der Waals surface area contributed by atoms with Crippen LogP contribution in [0.4, 0.5) is 0 Å². The van der Waals surface area contributed by atoms with Crippen molar-refractivity contribution in [2.24, 2.45) is 0 Å². The van der Waals surface area contributed by atoms with Crippen LogP contribution in [-0.4, -0.2) is 11.0 Å². The van der Waals surface area contributed by atoms with E-state index in [0.717, 1.165) is 21.8 Å². The molecular weight excluding hydrogens is 318 g/mol. The largest absolute Gasteiger partial charge is 0.456 e. The Morgan fingerprint density at radius 3 is 2.62 bits per heavy atom. The van der Waals surface area contributed by atoms with Crippen LogP contribution < -0.4 is 0 Å². The van der Waals surface area contributed by atoms with E-state index in [2.05, 4.69) is 4.98 Å². The van der Waals surface area contributed by atoms with Crippen molar-refractivity contribution in [3.8, 4) is 10.6 Å². The number of aromatic nitrogens is 1. The predicted octanol–water partition coefficient (Wildman–Crippen LogP) is 4.88. The van der Waals surface area contributed by atoms with E-state index in [9.17, 15) is 4.79 Å². The maximum atomic E-state index is 11.8. The van der Waals surface area contributed by atoms with Crippen molar-refractivity contribution in [2.45, 2.75) is 13.5 Å². The molecule has 3 aromatic rings. The van der Waals surface area contributed by atoms with Crippen LogP contribution in [0.2, 0.25) is 0 Å². The number of rotatable bonds is 5. The molecular formula is C20H17NO2S. The minimum atomic E-state index is -0.371. The molecule has 0 aliphatic rings. The zero-order valence-corrected chi connectivity index (χ0v) is 14.1. The van der Waals surface area contributed by atoms with Crippen LogP contribution in [0.5, 0.6) is 0 Å². The van der Waals surface area contributed by atoms with Gasteiger partial charge in [-0.05, 0) is 18.6 Å². The van der Waals surface area contributed by atoms with Gasteiger partial charge in [0.15, 0.2) is 0 Å². The van der Waals surface area contributed by atoms with Gasteiger partial charge in [0.1, 0.15) is 11.6 Å². The lowest BCUT2D eigenvalue weighted by atomic mass is 10.1. The molecule has 0 atom stereocenters. The molecule has 1 aromatic heterocycles. The van der Waals surface area contributed by atoms with Crippen molar-refractivity contribution in [3.63, 3.8) is 0 Å². The molecule has 1 heterocycles. The fourth-order valence-electron chi connectivity index (χ4n) is 2.12. The van der Waals surface area contributed by atoms with Gasteiger partial charge in [-0.1, -0.05) is 60.2 Å². The summed E-state index contributed by atoms with van der Waals surface area (Å²) in [7, 11) is 0.